The van der Waals surface area contributed by atoms with Gasteiger partial charge in [-0.05, 0) is 49.1 Å². The zero-order chi connectivity index (χ0) is 33.1. The number of carbonyl (C=O) groups is 3. The van der Waals surface area contributed by atoms with Gasteiger partial charge in [-0.25, -0.2) is 20.1 Å². The van der Waals surface area contributed by atoms with E-state index < -0.39 is 23.6 Å². The zero-order valence-corrected chi connectivity index (χ0v) is 26.4. The predicted octanol–water partition coefficient (Wildman–Crippen LogP) is 2.03. The maximum Gasteiger partial charge on any atom is 0.412 e. The second kappa shape index (κ2) is 13.8. The number of aromatic nitrogens is 2. The van der Waals surface area contributed by atoms with Gasteiger partial charge in [0, 0.05) is 62.2 Å². The van der Waals surface area contributed by atoms with Crippen LogP contribution in [0.15, 0.2) is 29.1 Å². The van der Waals surface area contributed by atoms with E-state index in [1.165, 1.54) is 0 Å². The summed E-state index contributed by atoms with van der Waals surface area (Å²) >= 11 is 0. The number of benzene rings is 1. The quantitative estimate of drug-likeness (QED) is 0.0694. The van der Waals surface area contributed by atoms with Crippen LogP contribution in [0.1, 0.15) is 67.7 Å². The van der Waals surface area contributed by atoms with Gasteiger partial charge in [-0.2, -0.15) is 0 Å². The molecule has 2 amide bonds. The fourth-order valence-corrected chi connectivity index (χ4v) is 6.63. The van der Waals surface area contributed by atoms with Gasteiger partial charge in [0.05, 0.1) is 29.0 Å². The standard InChI is InChI=1S/C33H40N6O8/c1-2-33(44)25-16-27-29-23(18-39(27)30(41)24(25)19-46-31(33)42)22(17-38-13-11-34-12-14-38)21-15-20(8-9-26(21)36-29)47-32(43)35-10-6-4-3-5-7-28(40)37-45/h8-9,15-16,34,44-45H,2-7,10-14,17-19H2,1H3,(H,35,43)(H,37,40)/t33-/m0/s1. The van der Waals surface area contributed by atoms with E-state index in [0.717, 1.165) is 62.0 Å². The number of piperazine rings is 1. The number of aliphatic hydroxyl groups is 1. The highest BCUT2D eigenvalue weighted by Crippen LogP contribution is 2.41. The summed E-state index contributed by atoms with van der Waals surface area (Å²) in [5.74, 6) is -0.810. The first-order valence-electron chi connectivity index (χ1n) is 16.2. The van der Waals surface area contributed by atoms with Gasteiger partial charge in [0.2, 0.25) is 5.91 Å². The molecule has 0 bridgehead atoms. The van der Waals surface area contributed by atoms with E-state index in [2.05, 4.69) is 15.5 Å². The van der Waals surface area contributed by atoms with Crippen LogP contribution in [-0.2, 0) is 39.6 Å². The number of hydrogen-bond acceptors (Lipinski definition) is 11. The molecule has 0 unspecified atom stereocenters. The van der Waals surface area contributed by atoms with Gasteiger partial charge in [-0.15, -0.1) is 0 Å². The summed E-state index contributed by atoms with van der Waals surface area (Å²) in [4.78, 5) is 57.4. The Bertz CT molecular complexity index is 1770. The lowest BCUT2D eigenvalue weighted by Crippen LogP contribution is -2.44. The summed E-state index contributed by atoms with van der Waals surface area (Å²) in [6.07, 6.45) is 2.73. The Labute approximate surface area is 271 Å². The molecule has 47 heavy (non-hydrogen) atoms. The Hall–Kier alpha value is -4.37. The van der Waals surface area contributed by atoms with Crippen LogP contribution in [0, 0.1) is 0 Å². The molecule has 0 saturated carbocycles. The molecule has 1 fully saturated rings. The maximum absolute atomic E-state index is 13.8. The lowest BCUT2D eigenvalue weighted by atomic mass is 9.86. The first-order chi connectivity index (χ1) is 22.7. The second-order valence-electron chi connectivity index (χ2n) is 12.2. The second-order valence-corrected chi connectivity index (χ2v) is 12.2. The molecule has 14 nitrogen and oxygen atoms in total. The average molecular weight is 649 g/mol. The summed E-state index contributed by atoms with van der Waals surface area (Å²) in [5, 5.41) is 26.8. The van der Waals surface area contributed by atoms with Gasteiger partial charge in [-0.1, -0.05) is 19.8 Å². The van der Waals surface area contributed by atoms with E-state index in [4.69, 9.17) is 19.7 Å². The summed E-state index contributed by atoms with van der Waals surface area (Å²) in [6, 6.07) is 7.00. The van der Waals surface area contributed by atoms with Crippen molar-refractivity contribution in [2.75, 3.05) is 32.7 Å². The van der Waals surface area contributed by atoms with Gasteiger partial charge in [0.1, 0.15) is 12.4 Å². The normalized spacial score (nSPS) is 18.7. The van der Waals surface area contributed by atoms with Gasteiger partial charge < -0.3 is 29.8 Å². The lowest BCUT2D eigenvalue weighted by molar-refractivity contribution is -0.172. The Balaban J connectivity index is 1.27. The van der Waals surface area contributed by atoms with Crippen LogP contribution in [0.25, 0.3) is 22.3 Å². The number of amides is 2. The number of ether oxygens (including phenoxy) is 2. The number of cyclic esters (lactones) is 1. The van der Waals surface area contributed by atoms with E-state index >= 15 is 0 Å². The molecule has 250 valence electrons. The molecule has 5 N–H and O–H groups in total. The number of carbonyl (C=O) groups excluding carboxylic acids is 3. The first-order valence-corrected chi connectivity index (χ1v) is 16.2. The molecular formula is C33H40N6O8. The van der Waals surface area contributed by atoms with Crippen LogP contribution in [0.3, 0.4) is 0 Å². The lowest BCUT2D eigenvalue weighted by Gasteiger charge is -2.31. The van der Waals surface area contributed by atoms with E-state index in [9.17, 15) is 24.3 Å². The fourth-order valence-electron chi connectivity index (χ4n) is 6.63. The Kier molecular flexibility index (Phi) is 9.55. The molecule has 3 aliphatic heterocycles. The minimum absolute atomic E-state index is 0.0653. The number of fused-ring (bicyclic) bond motifs is 5. The summed E-state index contributed by atoms with van der Waals surface area (Å²) in [5.41, 5.74) is 3.64. The minimum Gasteiger partial charge on any atom is -0.458 e. The molecule has 14 heteroatoms. The van der Waals surface area contributed by atoms with Gasteiger partial charge in [0.25, 0.3) is 5.56 Å². The van der Waals surface area contributed by atoms with E-state index in [-0.39, 0.29) is 42.7 Å². The summed E-state index contributed by atoms with van der Waals surface area (Å²) in [6.45, 7) is 6.17. The van der Waals surface area contributed by atoms with Crippen molar-refractivity contribution in [2.45, 2.75) is 70.7 Å². The molecule has 3 aromatic rings. The molecule has 1 atom stereocenters. The number of esters is 1. The molecule has 0 spiro atoms. The number of unbranched alkanes of at least 4 members (excludes halogenated alkanes) is 3. The monoisotopic (exact) mass is 648 g/mol. The molecule has 0 aliphatic carbocycles. The van der Waals surface area contributed by atoms with Crippen LogP contribution in [0.4, 0.5) is 4.79 Å². The van der Waals surface area contributed by atoms with Crippen molar-refractivity contribution < 1.29 is 34.2 Å². The van der Waals surface area contributed by atoms with Crippen LogP contribution in [0.5, 0.6) is 5.75 Å². The Morgan fingerprint density at radius 2 is 1.89 bits per heavy atom. The average Bonchev–Trinajstić information content (AvgIpc) is 3.45. The fraction of sp³-hybridized carbons (Fsp3) is 0.485. The van der Waals surface area contributed by atoms with Crippen molar-refractivity contribution in [1.82, 2.24) is 30.6 Å². The van der Waals surface area contributed by atoms with Crippen LogP contribution in [0.2, 0.25) is 0 Å². The summed E-state index contributed by atoms with van der Waals surface area (Å²) in [7, 11) is 0. The van der Waals surface area contributed by atoms with E-state index in [1.807, 2.05) is 6.07 Å². The largest absolute Gasteiger partial charge is 0.458 e. The van der Waals surface area contributed by atoms with Crippen LogP contribution < -0.4 is 26.4 Å². The van der Waals surface area contributed by atoms with E-state index in [0.29, 0.717) is 42.2 Å². The Morgan fingerprint density at radius 1 is 1.11 bits per heavy atom. The van der Waals surface area contributed by atoms with Crippen molar-refractivity contribution in [3.8, 4) is 17.1 Å². The first kappa shape index (κ1) is 32.6. The number of nitrogens with one attached hydrogen (secondary N) is 3. The molecule has 3 aliphatic rings. The number of pyridine rings is 2. The highest BCUT2D eigenvalue weighted by atomic mass is 16.6. The summed E-state index contributed by atoms with van der Waals surface area (Å²) < 4.78 is 12.5. The van der Waals surface area contributed by atoms with Gasteiger partial charge >= 0.3 is 12.1 Å². The van der Waals surface area contributed by atoms with Gasteiger partial charge in [-0.3, -0.25) is 19.7 Å². The molecule has 2 aromatic heterocycles. The van der Waals surface area contributed by atoms with Crippen molar-refractivity contribution in [3.63, 3.8) is 0 Å². The Morgan fingerprint density at radius 3 is 2.66 bits per heavy atom. The molecule has 1 aromatic carbocycles. The third-order valence-electron chi connectivity index (χ3n) is 9.30. The smallest absolute Gasteiger partial charge is 0.412 e. The number of hydrogen-bond donors (Lipinski definition) is 5. The van der Waals surface area contributed by atoms with Gasteiger partial charge in [0.15, 0.2) is 5.60 Å². The number of nitrogens with zero attached hydrogens (tertiary/aromatic N) is 3. The van der Waals surface area contributed by atoms with Crippen LogP contribution >= 0.6 is 0 Å². The number of rotatable bonds is 11. The van der Waals surface area contributed by atoms with E-state index in [1.54, 1.807) is 35.2 Å². The van der Waals surface area contributed by atoms with Crippen molar-refractivity contribution in [2.24, 2.45) is 0 Å². The zero-order valence-electron chi connectivity index (χ0n) is 26.4. The SMILES string of the molecule is CC[C@@]1(O)C(=O)OCc2c1cc1n(c2=O)Cc2c-1nc1ccc(OC(=O)NCCCCCCC(=O)NO)cc1c2CN1CCNCC1. The molecule has 6 rings (SSSR count). The topological polar surface area (TPSA) is 184 Å². The van der Waals surface area contributed by atoms with Crippen molar-refractivity contribution >= 4 is 28.9 Å². The van der Waals surface area contributed by atoms with Crippen molar-refractivity contribution in [1.29, 1.82) is 0 Å². The molecular weight excluding hydrogens is 608 g/mol. The van der Waals surface area contributed by atoms with Crippen LogP contribution in [-0.4, -0.2) is 75.5 Å². The minimum atomic E-state index is -1.91. The number of hydroxylamine groups is 1. The molecule has 1 saturated heterocycles. The highest BCUT2D eigenvalue weighted by Gasteiger charge is 2.45. The van der Waals surface area contributed by atoms with Crippen molar-refractivity contribution in [3.05, 3.63) is 56.9 Å². The highest BCUT2D eigenvalue weighted by molar-refractivity contribution is 5.90. The molecule has 5 heterocycles. The maximum atomic E-state index is 13.8. The third kappa shape index (κ3) is 6.46. The molecule has 0 radical (unpaired) electrons. The predicted molar refractivity (Wildman–Crippen MR) is 170 cm³/mol. The third-order valence-corrected chi connectivity index (χ3v) is 9.30.